The maximum Gasteiger partial charge on any atom is -1.00 e. The first-order valence-corrected chi connectivity index (χ1v) is 21.2. The van der Waals surface area contributed by atoms with Crippen molar-refractivity contribution >= 4 is 6.48 Å². The van der Waals surface area contributed by atoms with Gasteiger partial charge in [-0.25, -0.2) is 0 Å². The molecule has 2 fully saturated rings. The maximum atomic E-state index is 2.77. The predicted octanol–water partition coefficient (Wildman–Crippen LogP) is 5.06. The third-order valence-electron chi connectivity index (χ3n) is 11.0. The summed E-state index contributed by atoms with van der Waals surface area (Å²) < 4.78 is 5.80. The number of hydrogen-bond donors (Lipinski definition) is 0. The summed E-state index contributed by atoms with van der Waals surface area (Å²) in [6.07, 6.45) is 27.4. The topological polar surface area (TPSA) is 0 Å². The van der Waals surface area contributed by atoms with Crippen LogP contribution in [0.25, 0.3) is 11.1 Å². The molecule has 0 nitrogen and oxygen atoms in total. The van der Waals surface area contributed by atoms with Crippen molar-refractivity contribution in [2.24, 2.45) is 11.8 Å². The van der Waals surface area contributed by atoms with Crippen molar-refractivity contribution in [3.05, 3.63) is 74.1 Å². The second-order valence-electron chi connectivity index (χ2n) is 16.3. The Kier molecular flexibility index (Phi) is 12.3. The normalized spacial score (nSPS) is 18.4. The van der Waals surface area contributed by atoms with Gasteiger partial charge < -0.3 is 24.8 Å². The van der Waals surface area contributed by atoms with E-state index in [1.165, 1.54) is 94.6 Å². The third-order valence-corrected chi connectivity index (χ3v) is 18.6. The van der Waals surface area contributed by atoms with Crippen LogP contribution in [-0.2, 0) is 38.5 Å². The first kappa shape index (κ1) is 36.1. The zero-order chi connectivity index (χ0) is 29.5. The monoisotopic (exact) mass is 708 g/mol. The van der Waals surface area contributed by atoms with Crippen LogP contribution in [0, 0.1) is 11.8 Å². The zero-order valence-corrected chi connectivity index (χ0v) is 32.4. The molecule has 6 rings (SSSR count). The molecule has 0 radical (unpaired) electrons. The van der Waals surface area contributed by atoms with Gasteiger partial charge in [-0.3, -0.25) is 0 Å². The Morgan fingerprint density at radius 3 is 1.80 bits per heavy atom. The molecule has 2 aromatic carbocycles. The molecule has 0 spiro atoms. The summed E-state index contributed by atoms with van der Waals surface area (Å²) in [5, 5.41) is 0. The number of benzene rings is 2. The summed E-state index contributed by atoms with van der Waals surface area (Å²) in [6, 6.07) is 12.8. The van der Waals surface area contributed by atoms with Gasteiger partial charge in [0, 0.05) is 0 Å². The molecule has 4 aliphatic rings. The fraction of sp³-hybridized carbons (Fsp3) is 0.585. The van der Waals surface area contributed by atoms with E-state index in [2.05, 4.69) is 93.3 Å². The van der Waals surface area contributed by atoms with E-state index in [1.807, 2.05) is 6.55 Å². The van der Waals surface area contributed by atoms with Crippen LogP contribution in [0.1, 0.15) is 147 Å². The van der Waals surface area contributed by atoms with Crippen LogP contribution >= 0.6 is 0 Å². The quantitative estimate of drug-likeness (QED) is 0.336. The number of halogens is 2. The molecule has 0 aliphatic heterocycles. The van der Waals surface area contributed by atoms with Gasteiger partial charge in [0.1, 0.15) is 0 Å². The van der Waals surface area contributed by atoms with E-state index in [1.54, 1.807) is 22.3 Å². The number of hydrogen-bond acceptors (Lipinski definition) is 0. The summed E-state index contributed by atoms with van der Waals surface area (Å²) in [5.74, 6) is 1.88. The average Bonchev–Trinajstić information content (AvgIpc) is 3.61. The average molecular weight is 711 g/mol. The molecular weight excluding hydrogens is 655 g/mol. The van der Waals surface area contributed by atoms with E-state index >= 15 is 0 Å². The Labute approximate surface area is 289 Å². The van der Waals surface area contributed by atoms with Gasteiger partial charge in [-0.15, -0.1) is 0 Å². The molecule has 3 heteroatoms. The van der Waals surface area contributed by atoms with E-state index in [0.717, 1.165) is 18.3 Å². The van der Waals surface area contributed by atoms with Crippen molar-refractivity contribution in [3.63, 3.8) is 0 Å². The second-order valence-corrected chi connectivity index (χ2v) is 22.8. The van der Waals surface area contributed by atoms with Gasteiger partial charge in [-0.05, 0) is 0 Å². The van der Waals surface area contributed by atoms with Crippen LogP contribution in [0.5, 0.6) is 0 Å². The molecular formula is C41H56Cl2Zr. The summed E-state index contributed by atoms with van der Waals surface area (Å²) in [4.78, 5) is 0. The van der Waals surface area contributed by atoms with Crippen LogP contribution in [-0.4, -0.2) is 3.21 Å². The molecule has 0 atom stereocenters. The molecule has 0 heterocycles. The van der Waals surface area contributed by atoms with Crippen LogP contribution in [0.4, 0.5) is 0 Å². The Balaban J connectivity index is 0.00000221. The number of allylic oxidation sites excluding steroid dienone is 4. The van der Waals surface area contributed by atoms with E-state index in [4.69, 9.17) is 0 Å². The molecule has 238 valence electrons. The second kappa shape index (κ2) is 15.0. The molecule has 0 amide bonds. The fourth-order valence-corrected chi connectivity index (χ4v) is 17.2. The molecule has 0 N–H and O–H groups in total. The first-order valence-electron chi connectivity index (χ1n) is 17.5. The van der Waals surface area contributed by atoms with Crippen molar-refractivity contribution < 1.29 is 46.1 Å². The number of rotatable bonds is 6. The van der Waals surface area contributed by atoms with E-state index in [0.29, 0.717) is 0 Å². The summed E-state index contributed by atoms with van der Waals surface area (Å²) in [7, 11) is 0. The van der Waals surface area contributed by atoms with Crippen LogP contribution < -0.4 is 28.1 Å². The maximum absolute atomic E-state index is 2.77. The van der Waals surface area contributed by atoms with Crippen molar-refractivity contribution in [1.82, 2.24) is 0 Å². The zero-order valence-electron chi connectivity index (χ0n) is 28.4. The summed E-state index contributed by atoms with van der Waals surface area (Å²) >= 11 is -2.33. The van der Waals surface area contributed by atoms with Crippen molar-refractivity contribution in [2.75, 3.05) is 0 Å². The minimum atomic E-state index is -2.33. The van der Waals surface area contributed by atoms with Crippen LogP contribution in [0.2, 0.25) is 0 Å². The predicted molar refractivity (Wildman–Crippen MR) is 181 cm³/mol. The molecule has 0 bridgehead atoms. The van der Waals surface area contributed by atoms with Gasteiger partial charge >= 0.3 is 267 Å². The van der Waals surface area contributed by atoms with E-state index < -0.39 is 21.3 Å². The van der Waals surface area contributed by atoms with Gasteiger partial charge in [-0.1, -0.05) is 0 Å². The van der Waals surface area contributed by atoms with Crippen LogP contribution in [0.3, 0.4) is 0 Å². The van der Waals surface area contributed by atoms with Gasteiger partial charge in [0.15, 0.2) is 0 Å². The largest absolute Gasteiger partial charge is 1.00 e. The van der Waals surface area contributed by atoms with Crippen molar-refractivity contribution in [2.45, 2.75) is 142 Å². The van der Waals surface area contributed by atoms with Gasteiger partial charge in [-0.2, -0.15) is 0 Å². The Morgan fingerprint density at radius 2 is 1.27 bits per heavy atom. The Hall–Kier alpha value is -0.747. The minimum Gasteiger partial charge on any atom is -1.00 e. The Morgan fingerprint density at radius 1 is 0.705 bits per heavy atom. The van der Waals surface area contributed by atoms with Crippen LogP contribution in [0.15, 0.2) is 51.8 Å². The number of fused-ring (bicyclic) bond motifs is 3. The molecule has 2 saturated carbocycles. The van der Waals surface area contributed by atoms with Gasteiger partial charge in [0.25, 0.3) is 0 Å². The summed E-state index contributed by atoms with van der Waals surface area (Å²) in [5.41, 5.74) is 9.75. The molecule has 0 unspecified atom stereocenters. The third kappa shape index (κ3) is 8.03. The molecule has 2 aromatic rings. The van der Waals surface area contributed by atoms with Gasteiger partial charge in [0.2, 0.25) is 0 Å². The van der Waals surface area contributed by atoms with Gasteiger partial charge in [0.05, 0.1) is 0 Å². The molecule has 44 heavy (non-hydrogen) atoms. The minimum absolute atomic E-state index is 0. The fourth-order valence-electron chi connectivity index (χ4n) is 8.39. The molecule has 0 saturated heterocycles. The Bertz CT molecular complexity index is 1380. The smallest absolute Gasteiger partial charge is 1.00 e. The first-order chi connectivity index (χ1) is 20.1. The summed E-state index contributed by atoms with van der Waals surface area (Å²) in [6.45, 7) is 14.4. The molecule has 0 aromatic heterocycles. The molecule has 4 aliphatic carbocycles. The van der Waals surface area contributed by atoms with Crippen molar-refractivity contribution in [3.8, 4) is 11.1 Å². The standard InChI is InChI=1S/C21H25.C15H26.C5H5.2ClH.Zr/c1-20(2,3)16-9-7-14-11-15-8-10-17(21(4,5)6)13-19(15)18(14)12-16;1-3-8-14(9-4-1)12-7-13-15-10-5-2-6-11-15;1-2-4-5-3-1;;;/h7,9-10,12-13H,11H2,1-6H3;14-15H,1-6,8-13H2;1-3H,4H2;2*1H;/q;;;;;+2/p-2. The van der Waals surface area contributed by atoms with Crippen molar-refractivity contribution in [1.29, 1.82) is 0 Å². The van der Waals surface area contributed by atoms with E-state index in [-0.39, 0.29) is 35.6 Å². The SMILES string of the molecule is CC(C)(C)c1ccc2c(c1)-c1cc(C(C)(C)C)c[c]([Zr+2]([C]3=CC=CC3)=[C](CC3CCCCC3)CC3CCCCC3)c1C2.[Cl-].[Cl-]. The van der Waals surface area contributed by atoms with E-state index in [9.17, 15) is 0 Å².